The lowest BCUT2D eigenvalue weighted by Gasteiger charge is -2.21. The van der Waals surface area contributed by atoms with Crippen molar-refractivity contribution in [1.82, 2.24) is 9.45 Å². The van der Waals surface area contributed by atoms with E-state index in [1.807, 2.05) is 44.2 Å². The first-order chi connectivity index (χ1) is 17.7. The van der Waals surface area contributed by atoms with Crippen molar-refractivity contribution < 1.29 is 27.2 Å². The van der Waals surface area contributed by atoms with Crippen LogP contribution in [-0.2, 0) is 33.0 Å². The van der Waals surface area contributed by atoms with Gasteiger partial charge in [0.15, 0.2) is 0 Å². The normalized spacial score (nSPS) is 11.4. The molecule has 192 valence electrons. The summed E-state index contributed by atoms with van der Waals surface area (Å²) in [4.78, 5) is 21.1. The second-order valence-electron chi connectivity index (χ2n) is 8.34. The number of aryl methyl sites for hydroxylation is 2. The highest BCUT2D eigenvalue weighted by Gasteiger charge is 2.26. The van der Waals surface area contributed by atoms with E-state index < -0.39 is 16.2 Å². The summed E-state index contributed by atoms with van der Waals surface area (Å²) in [6.07, 6.45) is 0. The Hall–Kier alpha value is -4.15. The highest BCUT2D eigenvalue weighted by Crippen LogP contribution is 2.23. The van der Waals surface area contributed by atoms with Crippen molar-refractivity contribution in [3.05, 3.63) is 101 Å². The summed E-state index contributed by atoms with van der Waals surface area (Å²) in [5, 5.41) is 0. The number of nitrogens with one attached hydrogen (secondary N) is 1. The fourth-order valence-corrected chi connectivity index (χ4v) is 4.45. The molecule has 0 aliphatic rings. The first-order valence-corrected chi connectivity index (χ1v) is 12.9. The molecule has 0 aliphatic carbocycles. The van der Waals surface area contributed by atoms with Gasteiger partial charge in [-0.1, -0.05) is 48.0 Å². The van der Waals surface area contributed by atoms with Crippen molar-refractivity contribution >= 4 is 21.9 Å². The molecule has 0 atom stereocenters. The van der Waals surface area contributed by atoms with Gasteiger partial charge in [-0.25, -0.2) is 4.98 Å². The number of aromatic nitrogens is 1. The third-order valence-electron chi connectivity index (χ3n) is 5.32. The van der Waals surface area contributed by atoms with Crippen molar-refractivity contribution in [3.8, 4) is 17.2 Å². The molecule has 0 radical (unpaired) electrons. The molecule has 0 saturated carbocycles. The molecule has 0 aliphatic heterocycles. The van der Waals surface area contributed by atoms with Crippen molar-refractivity contribution in [1.29, 1.82) is 0 Å². The Balaban J connectivity index is 1.41. The Morgan fingerprint density at radius 2 is 1.65 bits per heavy atom. The summed E-state index contributed by atoms with van der Waals surface area (Å²) in [5.74, 6) is 0.996. The topological polar surface area (TPSA) is 111 Å². The van der Waals surface area contributed by atoms with Crippen LogP contribution in [0.2, 0.25) is 0 Å². The molecule has 0 unspecified atom stereocenters. The molecule has 0 fully saturated rings. The van der Waals surface area contributed by atoms with E-state index in [1.165, 1.54) is 0 Å². The molecule has 9 nitrogen and oxygen atoms in total. The van der Waals surface area contributed by atoms with E-state index in [4.69, 9.17) is 14.0 Å². The molecule has 1 heterocycles. The van der Waals surface area contributed by atoms with Crippen LogP contribution >= 0.6 is 0 Å². The van der Waals surface area contributed by atoms with Crippen molar-refractivity contribution in [2.45, 2.75) is 33.9 Å². The first kappa shape index (κ1) is 25.9. The van der Waals surface area contributed by atoms with Crippen LogP contribution in [0.1, 0.15) is 29.5 Å². The SMILES string of the molecule is CC(=O)ON(Cc1ccc(OCc2nc(-c3ccccc3)oc2C)cc1)S(=O)(=O)Nc1ccc(C)cc1. The summed E-state index contributed by atoms with van der Waals surface area (Å²) in [5.41, 5.74) is 3.48. The zero-order valence-electron chi connectivity index (χ0n) is 20.7. The van der Waals surface area contributed by atoms with Gasteiger partial charge in [0.05, 0.1) is 6.54 Å². The van der Waals surface area contributed by atoms with Crippen molar-refractivity contribution in [3.63, 3.8) is 0 Å². The number of oxazole rings is 1. The number of rotatable bonds is 10. The average Bonchev–Trinajstić information content (AvgIpc) is 3.25. The maximum atomic E-state index is 12.9. The predicted octanol–water partition coefficient (Wildman–Crippen LogP) is 5.17. The van der Waals surface area contributed by atoms with Gasteiger partial charge in [-0.15, -0.1) is 0 Å². The summed E-state index contributed by atoms with van der Waals surface area (Å²) in [6.45, 7) is 4.88. The number of carbonyl (C=O) groups excluding carboxylic acids is 1. The number of ether oxygens (including phenoxy) is 1. The van der Waals surface area contributed by atoms with E-state index in [1.54, 1.807) is 48.5 Å². The zero-order chi connectivity index (χ0) is 26.4. The lowest BCUT2D eigenvalue weighted by Crippen LogP contribution is -2.36. The molecule has 0 spiro atoms. The number of hydroxylamine groups is 1. The van der Waals surface area contributed by atoms with E-state index in [0.29, 0.717) is 38.8 Å². The van der Waals surface area contributed by atoms with Crippen LogP contribution in [0.5, 0.6) is 5.75 Å². The number of hydrogen-bond donors (Lipinski definition) is 1. The van der Waals surface area contributed by atoms with Crippen LogP contribution in [0.4, 0.5) is 5.69 Å². The van der Waals surface area contributed by atoms with E-state index >= 15 is 0 Å². The van der Waals surface area contributed by atoms with Crippen LogP contribution in [0, 0.1) is 13.8 Å². The number of carbonyl (C=O) groups is 1. The zero-order valence-corrected chi connectivity index (χ0v) is 21.5. The number of anilines is 1. The molecule has 0 bridgehead atoms. The number of hydrogen-bond acceptors (Lipinski definition) is 7. The van der Waals surface area contributed by atoms with Gasteiger partial charge in [0.25, 0.3) is 0 Å². The molecule has 4 aromatic rings. The number of benzene rings is 3. The lowest BCUT2D eigenvalue weighted by molar-refractivity contribution is -0.167. The van der Waals surface area contributed by atoms with Gasteiger partial charge in [0, 0.05) is 18.2 Å². The second kappa shape index (κ2) is 11.3. The minimum atomic E-state index is -4.17. The Morgan fingerprint density at radius 1 is 0.973 bits per heavy atom. The van der Waals surface area contributed by atoms with Gasteiger partial charge in [-0.3, -0.25) is 9.52 Å². The van der Waals surface area contributed by atoms with Crippen LogP contribution in [0.3, 0.4) is 0 Å². The van der Waals surface area contributed by atoms with Crippen LogP contribution < -0.4 is 9.46 Å². The minimum Gasteiger partial charge on any atom is -0.487 e. The highest BCUT2D eigenvalue weighted by atomic mass is 32.2. The van der Waals surface area contributed by atoms with Gasteiger partial charge < -0.3 is 14.0 Å². The lowest BCUT2D eigenvalue weighted by atomic mass is 10.2. The number of nitrogens with zero attached hydrogens (tertiary/aromatic N) is 2. The van der Waals surface area contributed by atoms with Crippen molar-refractivity contribution in [2.24, 2.45) is 0 Å². The Labute approximate surface area is 215 Å². The van der Waals surface area contributed by atoms with E-state index in [2.05, 4.69) is 9.71 Å². The van der Waals surface area contributed by atoms with Gasteiger partial charge in [0.2, 0.25) is 5.89 Å². The van der Waals surface area contributed by atoms with Gasteiger partial charge in [-0.2, -0.15) is 8.42 Å². The minimum absolute atomic E-state index is 0.191. The summed E-state index contributed by atoms with van der Waals surface area (Å²) < 4.78 is 40.4. The van der Waals surface area contributed by atoms with Crippen LogP contribution in [0.25, 0.3) is 11.5 Å². The van der Waals surface area contributed by atoms with Crippen LogP contribution in [-0.4, -0.2) is 23.8 Å². The summed E-state index contributed by atoms with van der Waals surface area (Å²) >= 11 is 0. The molecular weight excluding hydrogens is 494 g/mol. The fraction of sp³-hybridized carbons (Fsp3) is 0.185. The third kappa shape index (κ3) is 6.96. The Morgan fingerprint density at radius 3 is 2.30 bits per heavy atom. The van der Waals surface area contributed by atoms with Crippen LogP contribution in [0.15, 0.2) is 83.3 Å². The maximum Gasteiger partial charge on any atom is 0.333 e. The summed E-state index contributed by atoms with van der Waals surface area (Å²) in [6, 6.07) is 23.2. The maximum absolute atomic E-state index is 12.9. The molecule has 10 heteroatoms. The molecular formula is C27H27N3O6S. The van der Waals surface area contributed by atoms with Gasteiger partial charge in [0.1, 0.15) is 23.8 Å². The monoisotopic (exact) mass is 521 g/mol. The van der Waals surface area contributed by atoms with Crippen molar-refractivity contribution in [2.75, 3.05) is 4.72 Å². The Kier molecular flexibility index (Phi) is 7.90. The largest absolute Gasteiger partial charge is 0.487 e. The second-order valence-corrected chi connectivity index (χ2v) is 9.90. The highest BCUT2D eigenvalue weighted by molar-refractivity contribution is 7.90. The van der Waals surface area contributed by atoms with E-state index in [0.717, 1.165) is 18.1 Å². The standard InChI is InChI=1S/C27H27N3O6S/c1-19-9-13-24(14-10-19)29-37(32,33)30(36-21(3)31)17-22-11-15-25(16-12-22)34-18-26-20(2)35-27(28-26)23-7-5-4-6-8-23/h4-16,29H,17-18H2,1-3H3. The fourth-order valence-electron chi connectivity index (χ4n) is 3.39. The average molecular weight is 522 g/mol. The molecule has 37 heavy (non-hydrogen) atoms. The molecule has 0 amide bonds. The molecule has 1 N–H and O–H groups in total. The third-order valence-corrected chi connectivity index (χ3v) is 6.55. The van der Waals surface area contributed by atoms with E-state index in [9.17, 15) is 13.2 Å². The molecule has 0 saturated heterocycles. The molecule has 1 aromatic heterocycles. The smallest absolute Gasteiger partial charge is 0.333 e. The van der Waals surface area contributed by atoms with Gasteiger partial charge >= 0.3 is 16.2 Å². The summed E-state index contributed by atoms with van der Waals surface area (Å²) in [7, 11) is -4.17. The van der Waals surface area contributed by atoms with Gasteiger partial charge in [-0.05, 0) is 60.3 Å². The molecule has 4 rings (SSSR count). The first-order valence-electron chi connectivity index (χ1n) is 11.5. The molecule has 3 aromatic carbocycles. The Bertz CT molecular complexity index is 1450. The van der Waals surface area contributed by atoms with E-state index in [-0.39, 0.29) is 13.2 Å². The quantitative estimate of drug-likeness (QED) is 0.287. The predicted molar refractivity (Wildman–Crippen MR) is 138 cm³/mol.